The van der Waals surface area contributed by atoms with Crippen molar-refractivity contribution in [2.45, 2.75) is 25.7 Å². The third kappa shape index (κ3) is 3.38. The smallest absolute Gasteiger partial charge is 0.345 e. The Hall–Kier alpha value is -2.32. The fourth-order valence-electron chi connectivity index (χ4n) is 2.97. The second kappa shape index (κ2) is 6.84. The van der Waals surface area contributed by atoms with Crippen LogP contribution in [0, 0.1) is 11.3 Å². The molecule has 1 saturated heterocycles. The lowest BCUT2D eigenvalue weighted by molar-refractivity contribution is 0.0702. The summed E-state index contributed by atoms with van der Waals surface area (Å²) in [5.41, 5.74) is 2.56. The zero-order valence-corrected chi connectivity index (χ0v) is 13.6. The van der Waals surface area contributed by atoms with Gasteiger partial charge in [0, 0.05) is 18.0 Å². The average molecular weight is 326 g/mol. The molecule has 1 N–H and O–H groups in total. The van der Waals surface area contributed by atoms with Crippen molar-refractivity contribution in [2.75, 3.05) is 18.0 Å². The predicted octanol–water partition coefficient (Wildman–Crippen LogP) is 4.37. The van der Waals surface area contributed by atoms with Gasteiger partial charge >= 0.3 is 5.97 Å². The number of hydrogen-bond donors (Lipinski definition) is 1. The number of carboxylic acid groups (broad SMARTS) is 1. The lowest BCUT2D eigenvalue weighted by Gasteiger charge is -2.24. The Balaban J connectivity index is 1.92. The first-order chi connectivity index (χ1) is 11.2. The van der Waals surface area contributed by atoms with Crippen molar-refractivity contribution in [3.63, 3.8) is 0 Å². The monoisotopic (exact) mass is 326 g/mol. The second-order valence-electron chi connectivity index (χ2n) is 5.71. The molecule has 1 aromatic carbocycles. The van der Waals surface area contributed by atoms with Gasteiger partial charge in [0.15, 0.2) is 0 Å². The van der Waals surface area contributed by atoms with Gasteiger partial charge in [0.05, 0.1) is 11.3 Å². The van der Waals surface area contributed by atoms with E-state index >= 15 is 0 Å². The van der Waals surface area contributed by atoms with Gasteiger partial charge < -0.3 is 10.0 Å². The number of nitrogens with zero attached hydrogens (tertiary/aromatic N) is 2. The third-order valence-electron chi connectivity index (χ3n) is 4.17. The quantitative estimate of drug-likeness (QED) is 0.910. The minimum absolute atomic E-state index is 0.315. The number of nitriles is 1. The van der Waals surface area contributed by atoms with Gasteiger partial charge in [-0.25, -0.2) is 4.79 Å². The first-order valence-electron chi connectivity index (χ1n) is 7.81. The summed E-state index contributed by atoms with van der Waals surface area (Å²) in [6.45, 7) is 1.99. The van der Waals surface area contributed by atoms with Gasteiger partial charge in [-0.15, -0.1) is 11.3 Å². The SMILES string of the molecule is N#Cc1cc(-c2ccc(C(=O)O)s2)ccc1N1CCCCCC1. The highest BCUT2D eigenvalue weighted by molar-refractivity contribution is 7.17. The van der Waals surface area contributed by atoms with Crippen LogP contribution in [0.1, 0.15) is 40.9 Å². The molecule has 5 heteroatoms. The number of aromatic carboxylic acids is 1. The van der Waals surface area contributed by atoms with Crippen LogP contribution in [0.2, 0.25) is 0 Å². The summed E-state index contributed by atoms with van der Waals surface area (Å²) in [4.78, 5) is 14.5. The Morgan fingerprint density at radius 3 is 2.48 bits per heavy atom. The Kier molecular flexibility index (Phi) is 4.63. The first-order valence-corrected chi connectivity index (χ1v) is 8.63. The van der Waals surface area contributed by atoms with Crippen LogP contribution in [0.4, 0.5) is 5.69 Å². The molecule has 1 aromatic heterocycles. The van der Waals surface area contributed by atoms with E-state index in [9.17, 15) is 10.1 Å². The number of thiophene rings is 1. The standard InChI is InChI=1S/C18H18N2O2S/c19-12-14-11-13(16-7-8-17(23-16)18(21)22)5-6-15(14)20-9-3-1-2-4-10-20/h5-8,11H,1-4,9-10H2,(H,21,22). The van der Waals surface area contributed by atoms with Gasteiger partial charge in [-0.05, 0) is 42.7 Å². The highest BCUT2D eigenvalue weighted by atomic mass is 32.1. The van der Waals surface area contributed by atoms with Crippen LogP contribution in [0.5, 0.6) is 0 Å². The van der Waals surface area contributed by atoms with E-state index in [0.29, 0.717) is 10.4 Å². The second-order valence-corrected chi connectivity index (χ2v) is 6.80. The maximum Gasteiger partial charge on any atom is 0.345 e. The maximum atomic E-state index is 11.0. The minimum Gasteiger partial charge on any atom is -0.477 e. The highest BCUT2D eigenvalue weighted by Crippen LogP contribution is 2.32. The van der Waals surface area contributed by atoms with Crippen molar-refractivity contribution in [1.82, 2.24) is 0 Å². The van der Waals surface area contributed by atoms with E-state index in [1.165, 1.54) is 37.0 Å². The predicted molar refractivity (Wildman–Crippen MR) is 92.1 cm³/mol. The number of carboxylic acids is 1. The van der Waals surface area contributed by atoms with Crippen LogP contribution in [0.15, 0.2) is 30.3 Å². The summed E-state index contributed by atoms with van der Waals surface area (Å²) in [6.07, 6.45) is 4.84. The molecule has 0 unspecified atom stereocenters. The topological polar surface area (TPSA) is 64.3 Å². The van der Waals surface area contributed by atoms with E-state index in [1.54, 1.807) is 12.1 Å². The molecule has 2 heterocycles. The van der Waals surface area contributed by atoms with E-state index < -0.39 is 5.97 Å². The van der Waals surface area contributed by atoms with E-state index in [-0.39, 0.29) is 0 Å². The molecule has 4 nitrogen and oxygen atoms in total. The Morgan fingerprint density at radius 1 is 1.13 bits per heavy atom. The zero-order valence-electron chi connectivity index (χ0n) is 12.8. The molecule has 1 fully saturated rings. The van der Waals surface area contributed by atoms with E-state index in [4.69, 9.17) is 5.11 Å². The normalized spacial score (nSPS) is 15.0. The lowest BCUT2D eigenvalue weighted by Crippen LogP contribution is -2.24. The van der Waals surface area contributed by atoms with Gasteiger partial charge in [0.25, 0.3) is 0 Å². The zero-order chi connectivity index (χ0) is 16.2. The van der Waals surface area contributed by atoms with E-state index in [1.807, 2.05) is 18.2 Å². The molecule has 118 valence electrons. The van der Waals surface area contributed by atoms with Gasteiger partial charge in [-0.2, -0.15) is 5.26 Å². The molecule has 0 aliphatic carbocycles. The molecule has 1 aliphatic rings. The van der Waals surface area contributed by atoms with Gasteiger partial charge in [-0.3, -0.25) is 0 Å². The van der Waals surface area contributed by atoms with E-state index in [0.717, 1.165) is 29.2 Å². The summed E-state index contributed by atoms with van der Waals surface area (Å²) in [5, 5.41) is 18.6. The largest absolute Gasteiger partial charge is 0.477 e. The summed E-state index contributed by atoms with van der Waals surface area (Å²) < 4.78 is 0. The molecule has 0 bridgehead atoms. The molecule has 0 spiro atoms. The van der Waals surface area contributed by atoms with Crippen molar-refractivity contribution in [3.05, 3.63) is 40.8 Å². The maximum absolute atomic E-state index is 11.0. The number of rotatable bonds is 3. The highest BCUT2D eigenvalue weighted by Gasteiger charge is 2.15. The molecule has 2 aromatic rings. The van der Waals surface area contributed by atoms with Crippen LogP contribution in [-0.2, 0) is 0 Å². The lowest BCUT2D eigenvalue weighted by atomic mass is 10.1. The third-order valence-corrected chi connectivity index (χ3v) is 5.29. The minimum atomic E-state index is -0.914. The van der Waals surface area contributed by atoms with Gasteiger partial charge in [0.2, 0.25) is 0 Å². The van der Waals surface area contributed by atoms with Crippen LogP contribution >= 0.6 is 11.3 Å². The molecule has 0 radical (unpaired) electrons. The molecule has 23 heavy (non-hydrogen) atoms. The Morgan fingerprint density at radius 2 is 1.87 bits per heavy atom. The van der Waals surface area contributed by atoms with Gasteiger partial charge in [-0.1, -0.05) is 18.9 Å². The van der Waals surface area contributed by atoms with Crippen molar-refractivity contribution < 1.29 is 9.90 Å². The summed E-state index contributed by atoms with van der Waals surface area (Å²) >= 11 is 1.24. The molecule has 0 saturated carbocycles. The molecule has 3 rings (SSSR count). The van der Waals surface area contributed by atoms with Crippen molar-refractivity contribution in [1.29, 1.82) is 5.26 Å². The molecular formula is C18H18N2O2S. The molecule has 0 atom stereocenters. The number of carbonyl (C=O) groups is 1. The Bertz CT molecular complexity index is 753. The van der Waals surface area contributed by atoms with Crippen molar-refractivity contribution in [3.8, 4) is 16.5 Å². The summed E-state index contributed by atoms with van der Waals surface area (Å²) in [5.74, 6) is -0.914. The van der Waals surface area contributed by atoms with E-state index in [2.05, 4.69) is 11.0 Å². The van der Waals surface area contributed by atoms with Crippen LogP contribution in [0.3, 0.4) is 0 Å². The van der Waals surface area contributed by atoms with Crippen LogP contribution in [-0.4, -0.2) is 24.2 Å². The van der Waals surface area contributed by atoms with Gasteiger partial charge in [0.1, 0.15) is 10.9 Å². The van der Waals surface area contributed by atoms with Crippen LogP contribution < -0.4 is 4.90 Å². The average Bonchev–Trinajstić information content (AvgIpc) is 2.91. The molecular weight excluding hydrogens is 308 g/mol. The number of benzene rings is 1. The number of anilines is 1. The van der Waals surface area contributed by atoms with Crippen LogP contribution in [0.25, 0.3) is 10.4 Å². The molecule has 1 aliphatic heterocycles. The van der Waals surface area contributed by atoms with Crippen molar-refractivity contribution >= 4 is 23.0 Å². The fraction of sp³-hybridized carbons (Fsp3) is 0.333. The number of hydrogen-bond acceptors (Lipinski definition) is 4. The first kappa shape index (κ1) is 15.6. The summed E-state index contributed by atoms with van der Waals surface area (Å²) in [6, 6.07) is 11.6. The molecule has 0 amide bonds. The fourth-order valence-corrected chi connectivity index (χ4v) is 3.82. The van der Waals surface area contributed by atoms with Crippen molar-refractivity contribution in [2.24, 2.45) is 0 Å². The summed E-state index contributed by atoms with van der Waals surface area (Å²) in [7, 11) is 0. The Labute approximate surface area is 139 Å².